The van der Waals surface area contributed by atoms with Crippen molar-refractivity contribution in [2.45, 2.75) is 13.3 Å². The number of likely N-dealkylation sites (N-methyl/N-ethyl adjacent to an activating group) is 1. The van der Waals surface area contributed by atoms with Gasteiger partial charge in [-0.15, -0.1) is 0 Å². The van der Waals surface area contributed by atoms with Crippen LogP contribution < -0.4 is 0 Å². The molecule has 1 aromatic carbocycles. The minimum Gasteiger partial charge on any atom is -0.468 e. The van der Waals surface area contributed by atoms with Gasteiger partial charge in [-0.2, -0.15) is 0 Å². The zero-order chi connectivity index (χ0) is 12.7. The van der Waals surface area contributed by atoms with E-state index in [0.717, 1.165) is 5.56 Å². The Balaban J connectivity index is 2.58. The van der Waals surface area contributed by atoms with E-state index < -0.39 is 5.97 Å². The Hall–Kier alpha value is -1.84. The quantitative estimate of drug-likeness (QED) is 0.722. The third-order valence-electron chi connectivity index (χ3n) is 2.48. The van der Waals surface area contributed by atoms with Gasteiger partial charge in [-0.05, 0) is 12.5 Å². The van der Waals surface area contributed by atoms with E-state index in [1.54, 1.807) is 0 Å². The van der Waals surface area contributed by atoms with E-state index in [-0.39, 0.29) is 12.5 Å². The maximum Gasteiger partial charge on any atom is 0.325 e. The van der Waals surface area contributed by atoms with Gasteiger partial charge >= 0.3 is 5.97 Å². The van der Waals surface area contributed by atoms with Crippen molar-refractivity contribution in [3.8, 4) is 0 Å². The van der Waals surface area contributed by atoms with Gasteiger partial charge in [0.15, 0.2) is 0 Å². The monoisotopic (exact) mass is 235 g/mol. The molecule has 0 saturated heterocycles. The number of benzene rings is 1. The van der Waals surface area contributed by atoms with Crippen LogP contribution in [0.25, 0.3) is 0 Å². The zero-order valence-corrected chi connectivity index (χ0v) is 10.2. The Kier molecular flexibility index (Phi) is 5.20. The molecule has 0 aliphatic carbocycles. The Labute approximate surface area is 101 Å². The molecule has 0 aromatic heterocycles. The summed E-state index contributed by atoms with van der Waals surface area (Å²) in [4.78, 5) is 24.5. The molecule has 0 unspecified atom stereocenters. The molecular weight excluding hydrogens is 218 g/mol. The van der Waals surface area contributed by atoms with Gasteiger partial charge in [0.1, 0.15) is 6.54 Å². The fourth-order valence-corrected chi connectivity index (χ4v) is 1.48. The van der Waals surface area contributed by atoms with E-state index in [9.17, 15) is 9.59 Å². The fourth-order valence-electron chi connectivity index (χ4n) is 1.48. The number of rotatable bonds is 5. The van der Waals surface area contributed by atoms with E-state index in [1.165, 1.54) is 12.0 Å². The van der Waals surface area contributed by atoms with Crippen molar-refractivity contribution in [2.24, 2.45) is 0 Å². The molecule has 0 N–H and O–H groups in total. The SMILES string of the molecule is CCN(CC(=O)OC)C(=O)Cc1ccccc1. The van der Waals surface area contributed by atoms with Crippen molar-refractivity contribution in [3.63, 3.8) is 0 Å². The van der Waals surface area contributed by atoms with Crippen molar-refractivity contribution < 1.29 is 14.3 Å². The maximum atomic E-state index is 11.9. The lowest BCUT2D eigenvalue weighted by molar-refractivity contribution is -0.146. The molecule has 0 heterocycles. The summed E-state index contributed by atoms with van der Waals surface area (Å²) in [5.74, 6) is -0.461. The first kappa shape index (κ1) is 13.2. The molecular formula is C13H17NO3. The molecule has 0 spiro atoms. The van der Waals surface area contributed by atoms with Crippen molar-refractivity contribution in [3.05, 3.63) is 35.9 Å². The van der Waals surface area contributed by atoms with Crippen LogP contribution >= 0.6 is 0 Å². The molecule has 0 bridgehead atoms. The summed E-state index contributed by atoms with van der Waals surface area (Å²) >= 11 is 0. The van der Waals surface area contributed by atoms with Crippen molar-refractivity contribution >= 4 is 11.9 Å². The minimum absolute atomic E-state index is 0.0126. The molecule has 0 fully saturated rings. The molecule has 92 valence electrons. The van der Waals surface area contributed by atoms with Crippen molar-refractivity contribution in [1.82, 2.24) is 4.90 Å². The van der Waals surface area contributed by atoms with Crippen LogP contribution in [-0.4, -0.2) is 37.0 Å². The van der Waals surface area contributed by atoms with Crippen LogP contribution in [0.15, 0.2) is 30.3 Å². The Morgan fingerprint density at radius 2 is 1.88 bits per heavy atom. The number of hydrogen-bond donors (Lipinski definition) is 0. The molecule has 1 aromatic rings. The fraction of sp³-hybridized carbons (Fsp3) is 0.385. The number of amides is 1. The Bertz CT molecular complexity index is 376. The van der Waals surface area contributed by atoms with E-state index in [4.69, 9.17) is 0 Å². The molecule has 17 heavy (non-hydrogen) atoms. The van der Waals surface area contributed by atoms with Crippen LogP contribution in [0.5, 0.6) is 0 Å². The largest absolute Gasteiger partial charge is 0.468 e. The van der Waals surface area contributed by atoms with E-state index in [2.05, 4.69) is 4.74 Å². The van der Waals surface area contributed by atoms with Gasteiger partial charge < -0.3 is 9.64 Å². The van der Waals surface area contributed by atoms with Gasteiger partial charge in [-0.1, -0.05) is 30.3 Å². The van der Waals surface area contributed by atoms with Gasteiger partial charge in [-0.3, -0.25) is 9.59 Å². The van der Waals surface area contributed by atoms with Crippen molar-refractivity contribution in [2.75, 3.05) is 20.2 Å². The number of ether oxygens (including phenoxy) is 1. The molecule has 1 amide bonds. The van der Waals surface area contributed by atoms with Gasteiger partial charge in [0, 0.05) is 6.54 Å². The van der Waals surface area contributed by atoms with Crippen LogP contribution in [0.2, 0.25) is 0 Å². The summed E-state index contributed by atoms with van der Waals surface area (Å²) in [6, 6.07) is 9.46. The lowest BCUT2D eigenvalue weighted by atomic mass is 10.1. The van der Waals surface area contributed by atoms with Gasteiger partial charge in [0.05, 0.1) is 13.5 Å². The summed E-state index contributed by atoms with van der Waals surface area (Å²) in [6.07, 6.45) is 0.311. The second-order valence-corrected chi connectivity index (χ2v) is 3.65. The average Bonchev–Trinajstić information content (AvgIpc) is 2.36. The number of methoxy groups -OCH3 is 1. The van der Waals surface area contributed by atoms with Crippen LogP contribution in [0, 0.1) is 0 Å². The highest BCUT2D eigenvalue weighted by atomic mass is 16.5. The normalized spacial score (nSPS) is 9.76. The van der Waals surface area contributed by atoms with E-state index >= 15 is 0 Å². The van der Waals surface area contributed by atoms with Gasteiger partial charge in [-0.25, -0.2) is 0 Å². The Morgan fingerprint density at radius 3 is 2.41 bits per heavy atom. The third-order valence-corrected chi connectivity index (χ3v) is 2.48. The highest BCUT2D eigenvalue weighted by Crippen LogP contribution is 2.03. The standard InChI is InChI=1S/C13H17NO3/c1-3-14(10-13(16)17-2)12(15)9-11-7-5-4-6-8-11/h4-8H,3,9-10H2,1-2H3. The molecule has 0 saturated carbocycles. The molecule has 0 aliphatic rings. The summed E-state index contributed by atoms with van der Waals surface area (Å²) in [5.41, 5.74) is 0.945. The number of esters is 1. The second-order valence-electron chi connectivity index (χ2n) is 3.65. The molecule has 1 rings (SSSR count). The molecule has 4 heteroatoms. The molecule has 4 nitrogen and oxygen atoms in total. The summed E-state index contributed by atoms with van der Waals surface area (Å²) in [7, 11) is 1.32. The average molecular weight is 235 g/mol. The number of carbonyl (C=O) groups is 2. The number of hydrogen-bond acceptors (Lipinski definition) is 3. The lowest BCUT2D eigenvalue weighted by Crippen LogP contribution is -2.36. The third kappa shape index (κ3) is 4.26. The first-order valence-corrected chi connectivity index (χ1v) is 5.56. The second kappa shape index (κ2) is 6.68. The van der Waals surface area contributed by atoms with Crippen LogP contribution in [-0.2, 0) is 20.7 Å². The highest BCUT2D eigenvalue weighted by Gasteiger charge is 2.15. The first-order chi connectivity index (χ1) is 8.17. The summed E-state index contributed by atoms with van der Waals surface area (Å²) in [6.45, 7) is 2.35. The van der Waals surface area contributed by atoms with Crippen LogP contribution in [0.4, 0.5) is 0 Å². The number of nitrogens with zero attached hydrogens (tertiary/aromatic N) is 1. The maximum absolute atomic E-state index is 11.9. The van der Waals surface area contributed by atoms with Crippen LogP contribution in [0.1, 0.15) is 12.5 Å². The molecule has 0 radical (unpaired) electrons. The predicted octanol–water partition coefficient (Wildman–Crippen LogP) is 1.25. The van der Waals surface area contributed by atoms with Gasteiger partial charge in [0.2, 0.25) is 5.91 Å². The van der Waals surface area contributed by atoms with E-state index in [0.29, 0.717) is 13.0 Å². The van der Waals surface area contributed by atoms with Crippen molar-refractivity contribution in [1.29, 1.82) is 0 Å². The first-order valence-electron chi connectivity index (χ1n) is 5.56. The Morgan fingerprint density at radius 1 is 1.24 bits per heavy atom. The molecule has 0 atom stereocenters. The topological polar surface area (TPSA) is 46.6 Å². The highest BCUT2D eigenvalue weighted by molar-refractivity contribution is 5.83. The zero-order valence-electron chi connectivity index (χ0n) is 10.2. The smallest absolute Gasteiger partial charge is 0.325 e. The summed E-state index contributed by atoms with van der Waals surface area (Å²) in [5, 5.41) is 0. The molecule has 0 aliphatic heterocycles. The predicted molar refractivity (Wildman–Crippen MR) is 64.4 cm³/mol. The lowest BCUT2D eigenvalue weighted by Gasteiger charge is -2.19. The van der Waals surface area contributed by atoms with Crippen LogP contribution in [0.3, 0.4) is 0 Å². The van der Waals surface area contributed by atoms with Gasteiger partial charge in [0.25, 0.3) is 0 Å². The minimum atomic E-state index is -0.395. The van der Waals surface area contributed by atoms with E-state index in [1.807, 2.05) is 37.3 Å². The number of carbonyl (C=O) groups excluding carboxylic acids is 2. The summed E-state index contributed by atoms with van der Waals surface area (Å²) < 4.78 is 4.55.